The molecule has 15 heavy (non-hydrogen) atoms. The molecule has 1 heterocycles. The fraction of sp³-hybridized carbons (Fsp3) is 0.222. The Bertz CT molecular complexity index is 378. The van der Waals surface area contributed by atoms with Crippen LogP contribution in [0.3, 0.4) is 0 Å². The molecule has 0 saturated heterocycles. The topological polar surface area (TPSA) is 77.5 Å². The molecule has 0 aliphatic carbocycles. The van der Waals surface area contributed by atoms with Gasteiger partial charge in [0.2, 0.25) is 5.91 Å². The molecule has 80 valence electrons. The van der Waals surface area contributed by atoms with Crippen LogP contribution in [0.4, 0.5) is 10.6 Å². The maximum absolute atomic E-state index is 10.8. The lowest BCUT2D eigenvalue weighted by Crippen LogP contribution is -2.09. The van der Waals surface area contributed by atoms with Crippen molar-refractivity contribution >= 4 is 17.9 Å². The summed E-state index contributed by atoms with van der Waals surface area (Å²) in [5.74, 6) is 0.308. The van der Waals surface area contributed by atoms with Gasteiger partial charge in [-0.05, 0) is 6.07 Å². The lowest BCUT2D eigenvalue weighted by molar-refractivity contribution is -0.114. The van der Waals surface area contributed by atoms with Crippen molar-refractivity contribution in [3.05, 3.63) is 18.3 Å². The highest BCUT2D eigenvalue weighted by atomic mass is 16.7. The summed E-state index contributed by atoms with van der Waals surface area (Å²) in [5.41, 5.74) is 0. The Morgan fingerprint density at radius 2 is 2.20 bits per heavy atom. The number of hydrogen-bond acceptors (Lipinski definition) is 5. The van der Waals surface area contributed by atoms with Gasteiger partial charge in [-0.2, -0.15) is 0 Å². The number of methoxy groups -OCH3 is 1. The number of anilines is 1. The highest BCUT2D eigenvalue weighted by molar-refractivity contribution is 5.87. The molecule has 6 nitrogen and oxygen atoms in total. The molecule has 1 aromatic heterocycles. The molecule has 1 N–H and O–H groups in total. The van der Waals surface area contributed by atoms with Gasteiger partial charge in [0, 0.05) is 19.2 Å². The number of ether oxygens (including phenoxy) is 2. The smallest absolute Gasteiger partial charge is 0.437 e. The van der Waals surface area contributed by atoms with Gasteiger partial charge in [-0.15, -0.1) is 0 Å². The Kier molecular flexibility index (Phi) is 3.61. The monoisotopic (exact) mass is 210 g/mol. The summed E-state index contributed by atoms with van der Waals surface area (Å²) in [6.07, 6.45) is 0.582. The van der Waals surface area contributed by atoms with Crippen LogP contribution in [0.15, 0.2) is 18.3 Å². The van der Waals surface area contributed by atoms with Crippen molar-refractivity contribution in [1.82, 2.24) is 4.98 Å². The van der Waals surface area contributed by atoms with Crippen LogP contribution in [0.1, 0.15) is 6.92 Å². The minimum absolute atomic E-state index is 0.251. The van der Waals surface area contributed by atoms with E-state index in [1.54, 1.807) is 0 Å². The number of carbonyl (C=O) groups excluding carboxylic acids is 2. The predicted octanol–water partition coefficient (Wildman–Crippen LogP) is 1.19. The summed E-state index contributed by atoms with van der Waals surface area (Å²) in [7, 11) is 1.21. The van der Waals surface area contributed by atoms with E-state index in [9.17, 15) is 9.59 Å². The second-order valence-electron chi connectivity index (χ2n) is 2.61. The summed E-state index contributed by atoms with van der Waals surface area (Å²) < 4.78 is 9.04. The number of pyridine rings is 1. The van der Waals surface area contributed by atoms with Gasteiger partial charge in [0.25, 0.3) is 0 Å². The van der Waals surface area contributed by atoms with Crippen LogP contribution >= 0.6 is 0 Å². The van der Waals surface area contributed by atoms with Crippen molar-refractivity contribution in [2.24, 2.45) is 0 Å². The first-order chi connectivity index (χ1) is 7.11. The van der Waals surface area contributed by atoms with Gasteiger partial charge in [-0.25, -0.2) is 9.78 Å². The third kappa shape index (κ3) is 3.63. The van der Waals surface area contributed by atoms with E-state index >= 15 is 0 Å². The van der Waals surface area contributed by atoms with E-state index in [2.05, 4.69) is 15.0 Å². The molecule has 0 saturated carbocycles. The Labute approximate surface area is 86.2 Å². The van der Waals surface area contributed by atoms with E-state index in [4.69, 9.17) is 4.74 Å². The zero-order chi connectivity index (χ0) is 11.3. The molecule has 1 amide bonds. The van der Waals surface area contributed by atoms with Crippen molar-refractivity contribution in [1.29, 1.82) is 0 Å². The van der Waals surface area contributed by atoms with Gasteiger partial charge in [-0.3, -0.25) is 4.79 Å². The minimum Gasteiger partial charge on any atom is -0.437 e. The Balaban J connectivity index is 2.74. The molecule has 6 heteroatoms. The highest BCUT2D eigenvalue weighted by Crippen LogP contribution is 2.14. The first-order valence-corrected chi connectivity index (χ1v) is 4.11. The maximum atomic E-state index is 10.8. The van der Waals surface area contributed by atoms with E-state index in [1.807, 2.05) is 0 Å². The molecule has 0 fully saturated rings. The van der Waals surface area contributed by atoms with Crippen LogP contribution < -0.4 is 10.1 Å². The van der Waals surface area contributed by atoms with Crippen LogP contribution in [0.5, 0.6) is 5.75 Å². The summed E-state index contributed by atoms with van der Waals surface area (Å²) in [6.45, 7) is 1.36. The lowest BCUT2D eigenvalue weighted by atomic mass is 10.4. The van der Waals surface area contributed by atoms with E-state index in [0.29, 0.717) is 5.82 Å². The van der Waals surface area contributed by atoms with Crippen LogP contribution in [0, 0.1) is 0 Å². The van der Waals surface area contributed by atoms with E-state index in [0.717, 1.165) is 0 Å². The number of rotatable bonds is 2. The van der Waals surface area contributed by atoms with Gasteiger partial charge >= 0.3 is 6.16 Å². The molecule has 0 aromatic carbocycles. The van der Waals surface area contributed by atoms with Crippen LogP contribution in [0.2, 0.25) is 0 Å². The van der Waals surface area contributed by atoms with Crippen LogP contribution in [-0.2, 0) is 9.53 Å². The van der Waals surface area contributed by atoms with Gasteiger partial charge < -0.3 is 14.8 Å². The zero-order valence-electron chi connectivity index (χ0n) is 8.31. The van der Waals surface area contributed by atoms with Gasteiger partial charge in [-0.1, -0.05) is 0 Å². The molecule has 0 unspecified atom stereocenters. The van der Waals surface area contributed by atoms with Crippen molar-refractivity contribution in [2.45, 2.75) is 6.92 Å². The van der Waals surface area contributed by atoms with Crippen LogP contribution in [0.25, 0.3) is 0 Å². The Hall–Kier alpha value is -2.11. The first-order valence-electron chi connectivity index (χ1n) is 4.11. The van der Waals surface area contributed by atoms with E-state index in [-0.39, 0.29) is 11.7 Å². The van der Waals surface area contributed by atoms with Crippen LogP contribution in [-0.4, -0.2) is 24.2 Å². The highest BCUT2D eigenvalue weighted by Gasteiger charge is 2.05. The molecule has 0 aliphatic heterocycles. The molecule has 1 aromatic rings. The second kappa shape index (κ2) is 4.94. The molecular formula is C9H10N2O4. The van der Waals surface area contributed by atoms with E-state index in [1.165, 1.54) is 32.4 Å². The van der Waals surface area contributed by atoms with Crippen molar-refractivity contribution < 1.29 is 19.1 Å². The summed E-state index contributed by atoms with van der Waals surface area (Å²) in [4.78, 5) is 25.3. The summed E-state index contributed by atoms with van der Waals surface area (Å²) >= 11 is 0. The first kappa shape index (κ1) is 11.0. The lowest BCUT2D eigenvalue weighted by Gasteiger charge is -2.04. The Morgan fingerprint density at radius 3 is 2.80 bits per heavy atom. The largest absolute Gasteiger partial charge is 0.513 e. The molecule has 0 aliphatic rings. The van der Waals surface area contributed by atoms with Gasteiger partial charge in [0.1, 0.15) is 11.6 Å². The summed E-state index contributed by atoms with van der Waals surface area (Å²) in [5, 5.41) is 2.45. The number of nitrogens with zero attached hydrogens (tertiary/aromatic N) is 1. The second-order valence-corrected chi connectivity index (χ2v) is 2.61. The SMILES string of the molecule is COC(=O)Oc1ccnc(NC(C)=O)c1. The maximum Gasteiger partial charge on any atom is 0.513 e. The summed E-state index contributed by atoms with van der Waals surface area (Å²) in [6, 6.07) is 2.89. The number of aromatic nitrogens is 1. The number of hydrogen-bond donors (Lipinski definition) is 1. The molecule has 0 spiro atoms. The van der Waals surface area contributed by atoms with E-state index < -0.39 is 6.16 Å². The molecule has 1 rings (SSSR count). The third-order valence-corrected chi connectivity index (χ3v) is 1.40. The van der Waals surface area contributed by atoms with Gasteiger partial charge in [0.15, 0.2) is 0 Å². The van der Waals surface area contributed by atoms with Crippen molar-refractivity contribution in [2.75, 3.05) is 12.4 Å². The van der Waals surface area contributed by atoms with Crippen molar-refractivity contribution in [3.8, 4) is 5.75 Å². The van der Waals surface area contributed by atoms with Crippen molar-refractivity contribution in [3.63, 3.8) is 0 Å². The number of amides is 1. The third-order valence-electron chi connectivity index (χ3n) is 1.40. The minimum atomic E-state index is -0.824. The van der Waals surface area contributed by atoms with Gasteiger partial charge in [0.05, 0.1) is 7.11 Å². The predicted molar refractivity (Wildman–Crippen MR) is 51.6 cm³/mol. The average molecular weight is 210 g/mol. The number of carbonyl (C=O) groups is 2. The fourth-order valence-electron chi connectivity index (χ4n) is 0.861. The molecule has 0 radical (unpaired) electrons. The normalized spacial score (nSPS) is 9.20. The Morgan fingerprint density at radius 1 is 1.47 bits per heavy atom. The zero-order valence-corrected chi connectivity index (χ0v) is 8.31. The fourth-order valence-corrected chi connectivity index (χ4v) is 0.861. The number of nitrogens with one attached hydrogen (secondary N) is 1. The molecule has 0 atom stereocenters. The molecule has 0 bridgehead atoms. The average Bonchev–Trinajstić information content (AvgIpc) is 2.17. The molecular weight excluding hydrogens is 200 g/mol. The standard InChI is InChI=1S/C9H10N2O4/c1-6(12)11-8-5-7(3-4-10-8)15-9(13)14-2/h3-5H,1-2H3,(H,10,11,12). The quantitative estimate of drug-likeness (QED) is 0.741.